The third kappa shape index (κ3) is 1.61. The van der Waals surface area contributed by atoms with Gasteiger partial charge in [0.2, 0.25) is 5.91 Å². The lowest BCUT2D eigenvalue weighted by Gasteiger charge is -2.21. The van der Waals surface area contributed by atoms with E-state index in [0.29, 0.717) is 12.5 Å². The van der Waals surface area contributed by atoms with E-state index in [2.05, 4.69) is 0 Å². The molecule has 4 nitrogen and oxygen atoms in total. The molecule has 0 bridgehead atoms. The first kappa shape index (κ1) is 9.49. The van der Waals surface area contributed by atoms with Crippen molar-refractivity contribution in [3.05, 3.63) is 0 Å². The fourth-order valence-electron chi connectivity index (χ4n) is 2.66. The molecule has 1 heterocycles. The van der Waals surface area contributed by atoms with E-state index in [0.717, 1.165) is 19.3 Å². The molecule has 1 aliphatic carbocycles. The van der Waals surface area contributed by atoms with Gasteiger partial charge in [0.1, 0.15) is 6.54 Å². The van der Waals surface area contributed by atoms with Gasteiger partial charge in [-0.25, -0.2) is 0 Å². The molecule has 0 aromatic rings. The number of hydrogen-bond acceptors (Lipinski definition) is 2. The molecule has 2 fully saturated rings. The molecule has 1 saturated heterocycles. The number of amides is 1. The van der Waals surface area contributed by atoms with Crippen LogP contribution in [0, 0.1) is 11.8 Å². The Morgan fingerprint density at radius 1 is 1.43 bits per heavy atom. The molecule has 14 heavy (non-hydrogen) atoms. The standard InChI is InChI=1S/C10H15NO3/c12-9(13)6-11-5-7-3-1-2-4-8(7)10(11)14/h7-8H,1-6H2,(H,12,13)/t7-,8+/m0/s1. The van der Waals surface area contributed by atoms with E-state index in [4.69, 9.17) is 5.11 Å². The monoisotopic (exact) mass is 197 g/mol. The number of hydrogen-bond donors (Lipinski definition) is 1. The third-order valence-corrected chi connectivity index (χ3v) is 3.32. The quantitative estimate of drug-likeness (QED) is 0.709. The number of carbonyl (C=O) groups excluding carboxylic acids is 1. The summed E-state index contributed by atoms with van der Waals surface area (Å²) in [6.07, 6.45) is 4.36. The first-order valence-electron chi connectivity index (χ1n) is 5.19. The maximum absolute atomic E-state index is 11.7. The van der Waals surface area contributed by atoms with Crippen molar-refractivity contribution in [2.45, 2.75) is 25.7 Å². The molecule has 2 rings (SSSR count). The van der Waals surface area contributed by atoms with Crippen molar-refractivity contribution in [2.24, 2.45) is 11.8 Å². The van der Waals surface area contributed by atoms with E-state index in [1.54, 1.807) is 0 Å². The molecule has 1 aliphatic heterocycles. The number of rotatable bonds is 2. The van der Waals surface area contributed by atoms with Crippen LogP contribution in [0.1, 0.15) is 25.7 Å². The highest BCUT2D eigenvalue weighted by Gasteiger charge is 2.41. The van der Waals surface area contributed by atoms with Crippen molar-refractivity contribution < 1.29 is 14.7 Å². The number of carboxylic acids is 1. The Labute approximate surface area is 82.9 Å². The first-order valence-corrected chi connectivity index (χ1v) is 5.19. The normalized spacial score (nSPS) is 31.7. The minimum Gasteiger partial charge on any atom is -0.480 e. The predicted octanol–water partition coefficient (Wildman–Crippen LogP) is 0.720. The summed E-state index contributed by atoms with van der Waals surface area (Å²) in [4.78, 5) is 23.8. The lowest BCUT2D eigenvalue weighted by atomic mass is 9.81. The van der Waals surface area contributed by atoms with E-state index >= 15 is 0 Å². The highest BCUT2D eigenvalue weighted by molar-refractivity contribution is 5.85. The molecule has 78 valence electrons. The molecule has 0 radical (unpaired) electrons. The minimum atomic E-state index is -0.906. The minimum absolute atomic E-state index is 0.0668. The van der Waals surface area contributed by atoms with Crippen molar-refractivity contribution in [2.75, 3.05) is 13.1 Å². The van der Waals surface area contributed by atoms with Crippen molar-refractivity contribution >= 4 is 11.9 Å². The SMILES string of the molecule is O=C(O)CN1C[C@@H]2CCCC[C@H]2C1=O. The molecular formula is C10H15NO3. The summed E-state index contributed by atoms with van der Waals surface area (Å²) >= 11 is 0. The fourth-order valence-corrected chi connectivity index (χ4v) is 2.66. The van der Waals surface area contributed by atoms with Gasteiger partial charge in [-0.15, -0.1) is 0 Å². The molecule has 0 spiro atoms. The summed E-state index contributed by atoms with van der Waals surface area (Å²) < 4.78 is 0. The van der Waals surface area contributed by atoms with Crippen LogP contribution in [0.5, 0.6) is 0 Å². The average molecular weight is 197 g/mol. The second kappa shape index (κ2) is 3.59. The Balaban J connectivity index is 2.02. The molecule has 0 unspecified atom stereocenters. The topological polar surface area (TPSA) is 57.6 Å². The van der Waals surface area contributed by atoms with Crippen LogP contribution in [0.15, 0.2) is 0 Å². The molecule has 1 N–H and O–H groups in total. The highest BCUT2D eigenvalue weighted by atomic mass is 16.4. The van der Waals surface area contributed by atoms with Gasteiger partial charge in [0, 0.05) is 12.5 Å². The number of carboxylic acid groups (broad SMARTS) is 1. The molecule has 0 aromatic carbocycles. The van der Waals surface area contributed by atoms with E-state index < -0.39 is 5.97 Å². The Morgan fingerprint density at radius 3 is 2.79 bits per heavy atom. The van der Waals surface area contributed by atoms with E-state index in [1.807, 2.05) is 0 Å². The molecule has 0 aromatic heterocycles. The molecule has 1 amide bonds. The Morgan fingerprint density at radius 2 is 2.14 bits per heavy atom. The summed E-state index contributed by atoms with van der Waals surface area (Å²) in [5.74, 6) is -0.284. The third-order valence-electron chi connectivity index (χ3n) is 3.32. The van der Waals surface area contributed by atoms with Gasteiger partial charge < -0.3 is 10.0 Å². The Hall–Kier alpha value is -1.06. The van der Waals surface area contributed by atoms with Gasteiger partial charge >= 0.3 is 5.97 Å². The van der Waals surface area contributed by atoms with Crippen molar-refractivity contribution in [1.29, 1.82) is 0 Å². The maximum Gasteiger partial charge on any atom is 0.323 e. The number of nitrogens with zero attached hydrogens (tertiary/aromatic N) is 1. The average Bonchev–Trinajstić information content (AvgIpc) is 2.44. The van der Waals surface area contributed by atoms with Crippen LogP contribution in [0.25, 0.3) is 0 Å². The van der Waals surface area contributed by atoms with Gasteiger partial charge in [-0.2, -0.15) is 0 Å². The van der Waals surface area contributed by atoms with E-state index in [1.165, 1.54) is 11.3 Å². The summed E-state index contributed by atoms with van der Waals surface area (Å²) in [6, 6.07) is 0. The van der Waals surface area contributed by atoms with Crippen molar-refractivity contribution in [1.82, 2.24) is 4.90 Å². The van der Waals surface area contributed by atoms with E-state index in [9.17, 15) is 9.59 Å². The number of fused-ring (bicyclic) bond motifs is 1. The van der Waals surface area contributed by atoms with Crippen LogP contribution in [0.4, 0.5) is 0 Å². The summed E-state index contributed by atoms with van der Waals surface area (Å²) in [6.45, 7) is 0.543. The summed E-state index contributed by atoms with van der Waals surface area (Å²) in [5, 5.41) is 8.63. The van der Waals surface area contributed by atoms with Crippen LogP contribution in [-0.4, -0.2) is 35.0 Å². The van der Waals surface area contributed by atoms with Crippen LogP contribution in [-0.2, 0) is 9.59 Å². The molecular weight excluding hydrogens is 182 g/mol. The lowest BCUT2D eigenvalue weighted by Crippen LogP contribution is -2.32. The van der Waals surface area contributed by atoms with Crippen LogP contribution in [0.2, 0.25) is 0 Å². The summed E-state index contributed by atoms with van der Waals surface area (Å²) in [5.41, 5.74) is 0. The van der Waals surface area contributed by atoms with Gasteiger partial charge in [-0.3, -0.25) is 9.59 Å². The second-order valence-electron chi connectivity index (χ2n) is 4.26. The van der Waals surface area contributed by atoms with Gasteiger partial charge in [0.15, 0.2) is 0 Å². The zero-order chi connectivity index (χ0) is 10.1. The fraction of sp³-hybridized carbons (Fsp3) is 0.800. The lowest BCUT2D eigenvalue weighted by molar-refractivity contribution is -0.143. The van der Waals surface area contributed by atoms with Gasteiger partial charge in [0.25, 0.3) is 0 Å². The zero-order valence-corrected chi connectivity index (χ0v) is 8.11. The van der Waals surface area contributed by atoms with Crippen molar-refractivity contribution in [3.63, 3.8) is 0 Å². The van der Waals surface area contributed by atoms with E-state index in [-0.39, 0.29) is 18.4 Å². The zero-order valence-electron chi connectivity index (χ0n) is 8.11. The highest BCUT2D eigenvalue weighted by Crippen LogP contribution is 2.36. The summed E-state index contributed by atoms with van der Waals surface area (Å²) in [7, 11) is 0. The molecule has 1 saturated carbocycles. The number of likely N-dealkylation sites (tertiary alicyclic amines) is 1. The van der Waals surface area contributed by atoms with Gasteiger partial charge in [-0.1, -0.05) is 12.8 Å². The second-order valence-corrected chi connectivity index (χ2v) is 4.26. The van der Waals surface area contributed by atoms with Crippen molar-refractivity contribution in [3.8, 4) is 0 Å². The van der Waals surface area contributed by atoms with Crippen LogP contribution >= 0.6 is 0 Å². The van der Waals surface area contributed by atoms with Gasteiger partial charge in [0.05, 0.1) is 0 Å². The molecule has 4 heteroatoms. The van der Waals surface area contributed by atoms with Crippen LogP contribution in [0.3, 0.4) is 0 Å². The smallest absolute Gasteiger partial charge is 0.323 e. The molecule has 2 aliphatic rings. The van der Waals surface area contributed by atoms with Crippen LogP contribution < -0.4 is 0 Å². The maximum atomic E-state index is 11.7. The first-order chi connectivity index (χ1) is 6.68. The Kier molecular flexibility index (Phi) is 2.44. The molecule has 2 atom stereocenters. The number of aliphatic carboxylic acids is 1. The Bertz CT molecular complexity index is 264. The van der Waals surface area contributed by atoms with Gasteiger partial charge in [-0.05, 0) is 18.8 Å². The number of carbonyl (C=O) groups is 2. The largest absolute Gasteiger partial charge is 0.480 e. The predicted molar refractivity (Wildman–Crippen MR) is 49.7 cm³/mol.